The zero-order valence-corrected chi connectivity index (χ0v) is 8.45. The third-order valence-electron chi connectivity index (χ3n) is 1.94. The molecule has 0 unspecified atom stereocenters. The number of aliphatic hydroxyl groups is 1. The molecule has 0 fully saturated rings. The molecule has 78 valence electrons. The van der Waals surface area contributed by atoms with Gasteiger partial charge in [-0.25, -0.2) is 4.79 Å². The molecule has 0 saturated heterocycles. The van der Waals surface area contributed by atoms with Crippen LogP contribution in [-0.4, -0.2) is 22.8 Å². The number of aromatic carboxylic acids is 1. The standard InChI is InChI=1S/C12H12O3/c1-9-5-6-10(4-2-3-7-13)8-11(9)12(14)15/h5-6,8,13H,3,7H2,1H3,(H,14,15). The molecule has 0 aliphatic carbocycles. The van der Waals surface area contributed by atoms with Crippen LogP contribution in [0.3, 0.4) is 0 Å². The number of benzene rings is 1. The van der Waals surface area contributed by atoms with Crippen molar-refractivity contribution in [3.05, 3.63) is 34.9 Å². The van der Waals surface area contributed by atoms with Crippen molar-refractivity contribution >= 4 is 5.97 Å². The van der Waals surface area contributed by atoms with E-state index in [0.717, 1.165) is 5.56 Å². The van der Waals surface area contributed by atoms with E-state index < -0.39 is 5.97 Å². The first-order valence-electron chi connectivity index (χ1n) is 4.59. The first-order valence-corrected chi connectivity index (χ1v) is 4.59. The Labute approximate surface area is 88.4 Å². The molecule has 0 spiro atoms. The first-order chi connectivity index (χ1) is 7.15. The van der Waals surface area contributed by atoms with Crippen molar-refractivity contribution in [3.63, 3.8) is 0 Å². The van der Waals surface area contributed by atoms with Crippen LogP contribution in [0.4, 0.5) is 0 Å². The number of hydrogen-bond acceptors (Lipinski definition) is 2. The molecular weight excluding hydrogens is 192 g/mol. The van der Waals surface area contributed by atoms with Crippen LogP contribution in [0, 0.1) is 18.8 Å². The van der Waals surface area contributed by atoms with E-state index in [0.29, 0.717) is 12.0 Å². The molecule has 0 saturated carbocycles. The Morgan fingerprint density at radius 2 is 2.20 bits per heavy atom. The Morgan fingerprint density at radius 3 is 2.80 bits per heavy atom. The predicted octanol–water partition coefficient (Wildman–Crippen LogP) is 1.43. The molecule has 0 radical (unpaired) electrons. The first kappa shape index (κ1) is 11.3. The Balaban J connectivity index is 2.99. The minimum atomic E-state index is -0.946. The summed E-state index contributed by atoms with van der Waals surface area (Å²) >= 11 is 0. The van der Waals surface area contributed by atoms with Crippen molar-refractivity contribution in [3.8, 4) is 11.8 Å². The van der Waals surface area contributed by atoms with Crippen molar-refractivity contribution in [2.75, 3.05) is 6.61 Å². The minimum absolute atomic E-state index is 0.0185. The monoisotopic (exact) mass is 204 g/mol. The van der Waals surface area contributed by atoms with Crippen LogP contribution >= 0.6 is 0 Å². The maximum absolute atomic E-state index is 10.8. The van der Waals surface area contributed by atoms with Crippen molar-refractivity contribution in [1.29, 1.82) is 0 Å². The SMILES string of the molecule is Cc1ccc(C#CCCO)cc1C(=O)O. The van der Waals surface area contributed by atoms with Crippen LogP contribution in [0.1, 0.15) is 27.9 Å². The zero-order valence-electron chi connectivity index (χ0n) is 8.45. The van der Waals surface area contributed by atoms with Crippen LogP contribution < -0.4 is 0 Å². The summed E-state index contributed by atoms with van der Waals surface area (Å²) in [6.07, 6.45) is 0.399. The van der Waals surface area contributed by atoms with Crippen molar-refractivity contribution in [2.45, 2.75) is 13.3 Å². The highest BCUT2D eigenvalue weighted by Gasteiger charge is 2.06. The van der Waals surface area contributed by atoms with Crippen LogP contribution in [0.2, 0.25) is 0 Å². The van der Waals surface area contributed by atoms with E-state index >= 15 is 0 Å². The van der Waals surface area contributed by atoms with E-state index in [1.165, 1.54) is 0 Å². The molecule has 1 rings (SSSR count). The lowest BCUT2D eigenvalue weighted by molar-refractivity contribution is 0.0696. The van der Waals surface area contributed by atoms with E-state index in [9.17, 15) is 4.79 Å². The molecule has 1 aromatic rings. The Hall–Kier alpha value is -1.79. The largest absolute Gasteiger partial charge is 0.478 e. The summed E-state index contributed by atoms with van der Waals surface area (Å²) in [6.45, 7) is 1.76. The van der Waals surface area contributed by atoms with Gasteiger partial charge in [-0.2, -0.15) is 0 Å². The van der Waals surface area contributed by atoms with Crippen LogP contribution in [0.25, 0.3) is 0 Å². The maximum atomic E-state index is 10.8. The zero-order chi connectivity index (χ0) is 11.3. The van der Waals surface area contributed by atoms with Crippen molar-refractivity contribution in [2.24, 2.45) is 0 Å². The summed E-state index contributed by atoms with van der Waals surface area (Å²) in [5, 5.41) is 17.4. The van der Waals surface area contributed by atoms with Gasteiger partial charge in [0.05, 0.1) is 12.2 Å². The van der Waals surface area contributed by atoms with Gasteiger partial charge in [0.2, 0.25) is 0 Å². The highest BCUT2D eigenvalue weighted by molar-refractivity contribution is 5.89. The van der Waals surface area contributed by atoms with Gasteiger partial charge in [-0.1, -0.05) is 17.9 Å². The van der Waals surface area contributed by atoms with Gasteiger partial charge in [-0.15, -0.1) is 0 Å². The van der Waals surface area contributed by atoms with Gasteiger partial charge in [-0.05, 0) is 24.6 Å². The van der Waals surface area contributed by atoms with Crippen LogP contribution in [0.5, 0.6) is 0 Å². The Kier molecular flexibility index (Phi) is 3.90. The third-order valence-corrected chi connectivity index (χ3v) is 1.94. The van der Waals surface area contributed by atoms with E-state index in [1.807, 2.05) is 0 Å². The predicted molar refractivity (Wildman–Crippen MR) is 56.7 cm³/mol. The van der Waals surface area contributed by atoms with Gasteiger partial charge in [-0.3, -0.25) is 0 Å². The molecule has 0 aromatic heterocycles. The fourth-order valence-electron chi connectivity index (χ4n) is 1.15. The van der Waals surface area contributed by atoms with Crippen molar-refractivity contribution < 1.29 is 15.0 Å². The topological polar surface area (TPSA) is 57.5 Å². The molecule has 3 heteroatoms. The lowest BCUT2D eigenvalue weighted by atomic mass is 10.1. The molecule has 0 aliphatic heterocycles. The molecule has 0 heterocycles. The highest BCUT2D eigenvalue weighted by atomic mass is 16.4. The molecule has 1 aromatic carbocycles. The molecule has 3 nitrogen and oxygen atoms in total. The third kappa shape index (κ3) is 3.12. The number of hydrogen-bond donors (Lipinski definition) is 2. The number of carbonyl (C=O) groups is 1. The van der Waals surface area contributed by atoms with Gasteiger partial charge in [0.1, 0.15) is 0 Å². The quantitative estimate of drug-likeness (QED) is 0.716. The Morgan fingerprint density at radius 1 is 1.47 bits per heavy atom. The smallest absolute Gasteiger partial charge is 0.335 e. The minimum Gasteiger partial charge on any atom is -0.478 e. The molecule has 15 heavy (non-hydrogen) atoms. The number of aliphatic hydroxyl groups excluding tert-OH is 1. The summed E-state index contributed by atoms with van der Waals surface area (Å²) in [5.41, 5.74) is 1.65. The fourth-order valence-corrected chi connectivity index (χ4v) is 1.15. The second-order valence-electron chi connectivity index (χ2n) is 3.11. The number of carboxylic acids is 1. The molecule has 0 amide bonds. The van der Waals surface area contributed by atoms with Crippen LogP contribution in [-0.2, 0) is 0 Å². The maximum Gasteiger partial charge on any atom is 0.335 e. The molecule has 2 N–H and O–H groups in total. The average Bonchev–Trinajstić information content (AvgIpc) is 2.20. The average molecular weight is 204 g/mol. The van der Waals surface area contributed by atoms with Crippen LogP contribution in [0.15, 0.2) is 18.2 Å². The van der Waals surface area contributed by atoms with E-state index in [2.05, 4.69) is 11.8 Å². The van der Waals surface area contributed by atoms with Gasteiger partial charge in [0, 0.05) is 12.0 Å². The van der Waals surface area contributed by atoms with E-state index in [4.69, 9.17) is 10.2 Å². The van der Waals surface area contributed by atoms with Gasteiger partial charge < -0.3 is 10.2 Å². The lowest BCUT2D eigenvalue weighted by Crippen LogP contribution is -1.99. The number of rotatable bonds is 2. The highest BCUT2D eigenvalue weighted by Crippen LogP contribution is 2.10. The second kappa shape index (κ2) is 5.18. The summed E-state index contributed by atoms with van der Waals surface area (Å²) in [4.78, 5) is 10.8. The molecule has 0 atom stereocenters. The second-order valence-corrected chi connectivity index (χ2v) is 3.11. The summed E-state index contributed by atoms with van der Waals surface area (Å²) < 4.78 is 0. The summed E-state index contributed by atoms with van der Waals surface area (Å²) in [5.74, 6) is 4.59. The van der Waals surface area contributed by atoms with Gasteiger partial charge in [0.25, 0.3) is 0 Å². The molecule has 0 aliphatic rings. The lowest BCUT2D eigenvalue weighted by Gasteiger charge is -2.00. The summed E-state index contributed by atoms with van der Waals surface area (Å²) in [7, 11) is 0. The molecular formula is C12H12O3. The number of aryl methyl sites for hydroxylation is 1. The summed E-state index contributed by atoms with van der Waals surface area (Å²) in [6, 6.07) is 5.04. The van der Waals surface area contributed by atoms with E-state index in [1.54, 1.807) is 25.1 Å². The van der Waals surface area contributed by atoms with Crippen molar-refractivity contribution in [1.82, 2.24) is 0 Å². The number of carboxylic acid groups (broad SMARTS) is 1. The van der Waals surface area contributed by atoms with Gasteiger partial charge in [0.15, 0.2) is 0 Å². The molecule has 0 bridgehead atoms. The van der Waals surface area contributed by atoms with Gasteiger partial charge >= 0.3 is 5.97 Å². The fraction of sp³-hybridized carbons (Fsp3) is 0.250. The van der Waals surface area contributed by atoms with E-state index in [-0.39, 0.29) is 12.2 Å². The Bertz CT molecular complexity index is 424. The normalized spacial score (nSPS) is 9.20.